The fraction of sp³-hybridized carbons (Fsp3) is 0.597. The number of allylic oxidation sites excluding steroid dienone is 26. The van der Waals surface area contributed by atoms with Crippen LogP contribution in [-0.2, 0) is 33.3 Å². The van der Waals surface area contributed by atoms with Crippen molar-refractivity contribution in [2.45, 2.75) is 232 Å². The van der Waals surface area contributed by atoms with E-state index in [-0.39, 0.29) is 38.6 Å². The molecule has 0 aliphatic carbocycles. The molecule has 456 valence electrons. The van der Waals surface area contributed by atoms with E-state index in [0.29, 0.717) is 17.4 Å². The van der Waals surface area contributed by atoms with Crippen molar-refractivity contribution in [3.05, 3.63) is 158 Å². The number of carbonyl (C=O) groups excluding carboxylic acids is 2. The van der Waals surface area contributed by atoms with Crippen molar-refractivity contribution in [2.75, 3.05) is 47.5 Å². The molecule has 0 saturated heterocycles. The Balaban J connectivity index is 4.30. The molecule has 0 fully saturated rings. The molecule has 0 heterocycles. The molecule has 9 nitrogen and oxygen atoms in total. The number of carboxylic acids is 1. The summed E-state index contributed by atoms with van der Waals surface area (Å²) in [5, 5.41) is 9.73. The van der Waals surface area contributed by atoms with Gasteiger partial charge in [-0.15, -0.1) is 0 Å². The number of carbonyl (C=O) groups is 3. The van der Waals surface area contributed by atoms with Crippen LogP contribution in [0.15, 0.2) is 158 Å². The van der Waals surface area contributed by atoms with Gasteiger partial charge in [0.05, 0.1) is 34.4 Å². The topological polar surface area (TPSA) is 108 Å². The second-order valence-electron chi connectivity index (χ2n) is 21.6. The van der Waals surface area contributed by atoms with Crippen LogP contribution >= 0.6 is 0 Å². The highest BCUT2D eigenvalue weighted by atomic mass is 16.7. The first-order valence-electron chi connectivity index (χ1n) is 31.6. The average molecular weight is 1120 g/mol. The van der Waals surface area contributed by atoms with E-state index in [1.165, 1.54) is 44.9 Å². The molecular formula is C72H116NO8+. The van der Waals surface area contributed by atoms with Crippen LogP contribution in [0.3, 0.4) is 0 Å². The molecule has 0 aliphatic rings. The van der Waals surface area contributed by atoms with Gasteiger partial charge in [0.25, 0.3) is 6.29 Å². The predicted molar refractivity (Wildman–Crippen MR) is 345 cm³/mol. The number of carboxylic acid groups (broad SMARTS) is 1. The van der Waals surface area contributed by atoms with Gasteiger partial charge in [0.15, 0.2) is 6.10 Å². The van der Waals surface area contributed by atoms with Crippen LogP contribution in [0.5, 0.6) is 0 Å². The van der Waals surface area contributed by atoms with Gasteiger partial charge < -0.3 is 28.5 Å². The second kappa shape index (κ2) is 61.0. The second-order valence-corrected chi connectivity index (χ2v) is 21.6. The molecule has 0 spiro atoms. The summed E-state index contributed by atoms with van der Waals surface area (Å²) in [6.45, 7) is 4.60. The largest absolute Gasteiger partial charge is 0.477 e. The molecule has 0 rings (SSSR count). The van der Waals surface area contributed by atoms with E-state index in [0.717, 1.165) is 141 Å². The SMILES string of the molecule is CC/C=C\C/C=C\C/C=C\C/C=C\C/C=C\C/C=C\C/C=C\CCCCCCCCCC(=O)OC(COC(=O)CCCCCCCCCC/C=C\C/C=C\C/C=C\C/C=C\C/C=C\C/C=C\CC)COC(OCC[N+](C)(C)C)C(=O)O. The maximum Gasteiger partial charge on any atom is 0.361 e. The summed E-state index contributed by atoms with van der Waals surface area (Å²) < 4.78 is 22.9. The zero-order valence-electron chi connectivity index (χ0n) is 51.9. The van der Waals surface area contributed by atoms with E-state index >= 15 is 0 Å². The fourth-order valence-electron chi connectivity index (χ4n) is 8.00. The first kappa shape index (κ1) is 75.9. The molecule has 9 heteroatoms. The normalized spacial score (nSPS) is 13.8. The van der Waals surface area contributed by atoms with E-state index in [4.69, 9.17) is 18.9 Å². The predicted octanol–water partition coefficient (Wildman–Crippen LogP) is 19.3. The first-order chi connectivity index (χ1) is 39.6. The van der Waals surface area contributed by atoms with Crippen LogP contribution in [0, 0.1) is 0 Å². The number of rotatable bonds is 56. The van der Waals surface area contributed by atoms with E-state index in [1.807, 2.05) is 21.1 Å². The number of likely N-dealkylation sites (N-methyl/N-ethyl adjacent to an activating group) is 1. The Labute approximate surface area is 495 Å². The quantitative estimate of drug-likeness (QED) is 0.0211. The molecule has 2 unspecified atom stereocenters. The zero-order valence-corrected chi connectivity index (χ0v) is 51.9. The number of unbranched alkanes of at least 4 members (excludes halogenated alkanes) is 15. The van der Waals surface area contributed by atoms with Gasteiger partial charge in [-0.05, 0) is 122 Å². The number of hydrogen-bond acceptors (Lipinski definition) is 7. The molecule has 0 aromatic carbocycles. The third kappa shape index (κ3) is 62.4. The lowest BCUT2D eigenvalue weighted by atomic mass is 10.1. The van der Waals surface area contributed by atoms with Crippen molar-refractivity contribution in [2.24, 2.45) is 0 Å². The zero-order chi connectivity index (χ0) is 59.1. The number of ether oxygens (including phenoxy) is 4. The molecule has 0 aliphatic heterocycles. The number of nitrogens with zero attached hydrogens (tertiary/aromatic N) is 1. The maximum absolute atomic E-state index is 12.9. The van der Waals surface area contributed by atoms with Crippen LogP contribution in [0.4, 0.5) is 0 Å². The van der Waals surface area contributed by atoms with Gasteiger partial charge in [0.1, 0.15) is 13.2 Å². The lowest BCUT2D eigenvalue weighted by Gasteiger charge is -2.25. The number of quaternary nitrogens is 1. The molecule has 0 aromatic rings. The van der Waals surface area contributed by atoms with Gasteiger partial charge in [-0.25, -0.2) is 4.79 Å². The van der Waals surface area contributed by atoms with Crippen molar-refractivity contribution in [1.29, 1.82) is 0 Å². The smallest absolute Gasteiger partial charge is 0.361 e. The summed E-state index contributed by atoms with van der Waals surface area (Å²) >= 11 is 0. The lowest BCUT2D eigenvalue weighted by molar-refractivity contribution is -0.870. The highest BCUT2D eigenvalue weighted by molar-refractivity contribution is 5.71. The van der Waals surface area contributed by atoms with Gasteiger partial charge in [0.2, 0.25) is 0 Å². The summed E-state index contributed by atoms with van der Waals surface area (Å²) in [6.07, 6.45) is 87.5. The van der Waals surface area contributed by atoms with E-state index in [1.54, 1.807) is 0 Å². The Hall–Kier alpha value is -5.09. The molecule has 0 aromatic heterocycles. The van der Waals surface area contributed by atoms with Crippen molar-refractivity contribution >= 4 is 17.9 Å². The fourth-order valence-corrected chi connectivity index (χ4v) is 8.00. The van der Waals surface area contributed by atoms with Crippen LogP contribution < -0.4 is 0 Å². The Bertz CT molecular complexity index is 1880. The van der Waals surface area contributed by atoms with Crippen molar-refractivity contribution in [3.63, 3.8) is 0 Å². The number of hydrogen-bond donors (Lipinski definition) is 1. The summed E-state index contributed by atoms with van der Waals surface area (Å²) in [5.74, 6) is -2.05. The summed E-state index contributed by atoms with van der Waals surface area (Å²) in [5.41, 5.74) is 0. The summed E-state index contributed by atoms with van der Waals surface area (Å²) in [4.78, 5) is 37.6. The molecule has 81 heavy (non-hydrogen) atoms. The van der Waals surface area contributed by atoms with Crippen LogP contribution in [0.25, 0.3) is 0 Å². The minimum Gasteiger partial charge on any atom is -0.477 e. The van der Waals surface area contributed by atoms with E-state index < -0.39 is 24.3 Å². The van der Waals surface area contributed by atoms with Gasteiger partial charge in [-0.1, -0.05) is 242 Å². The summed E-state index contributed by atoms with van der Waals surface area (Å²) in [6, 6.07) is 0. The van der Waals surface area contributed by atoms with Crippen molar-refractivity contribution in [1.82, 2.24) is 0 Å². The van der Waals surface area contributed by atoms with Gasteiger partial charge >= 0.3 is 17.9 Å². The Morgan fingerprint density at radius 1 is 0.370 bits per heavy atom. The minimum atomic E-state index is -1.53. The number of esters is 2. The van der Waals surface area contributed by atoms with Crippen molar-refractivity contribution in [3.8, 4) is 0 Å². The standard InChI is InChI=1S/C72H115NO8/c1-6-8-10-12-14-16-18-20-22-24-26-28-30-32-34-35-37-39-41-43-45-47-49-51-53-55-57-59-61-63-70(75)81-68(67-80-72(71(76)77)78-65-64-73(3,4)5)66-79-69(74)62-60-58-56-54-52-50-48-46-44-42-40-38-36-33-31-29-27-25-23-21-19-17-15-13-11-9-7-2/h8-11,14-17,20-23,26-29,32-34,36-37,39-40,42-43,45,68,72H,6-7,12-13,18-19,24-25,30-31,35,38,41,44,46-67H2,1-5H3/p+1/b10-8-,11-9-,16-14-,17-15-,22-20-,23-21-,28-26-,29-27-,34-32-,36-33-,39-37-,42-40-,45-43-. The van der Waals surface area contributed by atoms with Crippen LogP contribution in [0.1, 0.15) is 219 Å². The third-order valence-electron chi connectivity index (χ3n) is 12.8. The molecule has 0 amide bonds. The van der Waals surface area contributed by atoms with Crippen LogP contribution in [-0.4, -0.2) is 87.4 Å². The average Bonchev–Trinajstić information content (AvgIpc) is 3.44. The molecule has 1 N–H and O–H groups in total. The van der Waals surface area contributed by atoms with E-state index in [9.17, 15) is 19.5 Å². The molecule has 0 bridgehead atoms. The lowest BCUT2D eigenvalue weighted by Crippen LogP contribution is -2.40. The first-order valence-corrected chi connectivity index (χ1v) is 31.6. The molecular weight excluding hydrogens is 1010 g/mol. The highest BCUT2D eigenvalue weighted by Crippen LogP contribution is 2.14. The van der Waals surface area contributed by atoms with Crippen LogP contribution in [0.2, 0.25) is 0 Å². The maximum atomic E-state index is 12.9. The Morgan fingerprint density at radius 3 is 0.988 bits per heavy atom. The van der Waals surface area contributed by atoms with Gasteiger partial charge in [0, 0.05) is 12.8 Å². The molecule has 0 radical (unpaired) electrons. The monoisotopic (exact) mass is 1120 g/mol. The Kier molecular flexibility index (Phi) is 57.2. The summed E-state index contributed by atoms with van der Waals surface area (Å²) in [7, 11) is 5.95. The Morgan fingerprint density at radius 2 is 0.667 bits per heavy atom. The minimum absolute atomic E-state index is 0.174. The highest BCUT2D eigenvalue weighted by Gasteiger charge is 2.25. The third-order valence-corrected chi connectivity index (χ3v) is 12.8. The van der Waals surface area contributed by atoms with E-state index in [2.05, 4.69) is 172 Å². The van der Waals surface area contributed by atoms with Gasteiger partial charge in [-0.2, -0.15) is 0 Å². The number of aliphatic carboxylic acids is 1. The molecule has 0 saturated carbocycles. The van der Waals surface area contributed by atoms with Gasteiger partial charge in [-0.3, -0.25) is 9.59 Å². The molecule has 2 atom stereocenters. The van der Waals surface area contributed by atoms with Crippen molar-refractivity contribution < 1.29 is 42.9 Å².